The summed E-state index contributed by atoms with van der Waals surface area (Å²) in [6.45, 7) is 9.75. The van der Waals surface area contributed by atoms with Crippen LogP contribution in [0.1, 0.15) is 32.2 Å². The molecule has 1 heterocycles. The topological polar surface area (TPSA) is 59.8 Å². The maximum absolute atomic E-state index is 12.1. The number of carbonyl (C=O) groups is 1. The van der Waals surface area contributed by atoms with Crippen molar-refractivity contribution in [3.63, 3.8) is 0 Å². The minimum Gasteiger partial charge on any atom is -0.353 e. The quantitative estimate of drug-likeness (QED) is 0.861. The molecule has 118 valence electrons. The molecular weight excluding hydrogens is 296 g/mol. The molecule has 2 aromatic rings. The number of amides is 1. The van der Waals surface area contributed by atoms with Crippen LogP contribution >= 0.6 is 11.8 Å². The Morgan fingerprint density at radius 3 is 2.59 bits per heavy atom. The van der Waals surface area contributed by atoms with E-state index in [0.29, 0.717) is 0 Å². The molecule has 0 spiro atoms. The van der Waals surface area contributed by atoms with Gasteiger partial charge in [-0.15, -0.1) is 10.2 Å². The van der Waals surface area contributed by atoms with Crippen LogP contribution in [0.4, 0.5) is 0 Å². The highest BCUT2D eigenvalue weighted by Gasteiger charge is 2.20. The van der Waals surface area contributed by atoms with Gasteiger partial charge in [-0.1, -0.05) is 23.9 Å². The predicted molar refractivity (Wildman–Crippen MR) is 89.4 cm³/mol. The summed E-state index contributed by atoms with van der Waals surface area (Å²) in [6, 6.07) is 8.29. The van der Waals surface area contributed by atoms with Gasteiger partial charge in [0.25, 0.3) is 0 Å². The van der Waals surface area contributed by atoms with E-state index in [1.807, 2.05) is 44.4 Å². The Kier molecular flexibility index (Phi) is 5.24. The van der Waals surface area contributed by atoms with E-state index in [1.165, 1.54) is 17.3 Å². The predicted octanol–water partition coefficient (Wildman–Crippen LogP) is 2.89. The summed E-state index contributed by atoms with van der Waals surface area (Å²) in [7, 11) is 0. The lowest BCUT2D eigenvalue weighted by Crippen LogP contribution is -2.36. The molecule has 0 saturated carbocycles. The van der Waals surface area contributed by atoms with Crippen LogP contribution in [0.2, 0.25) is 0 Å². The average Bonchev–Trinajstić information content (AvgIpc) is 2.79. The van der Waals surface area contributed by atoms with Crippen molar-refractivity contribution in [2.45, 2.75) is 51.1 Å². The summed E-state index contributed by atoms with van der Waals surface area (Å²) in [5.74, 6) is 0.820. The molecule has 1 amide bonds. The zero-order valence-electron chi connectivity index (χ0n) is 13.6. The van der Waals surface area contributed by atoms with E-state index in [0.717, 1.165) is 16.7 Å². The number of aromatic nitrogens is 3. The summed E-state index contributed by atoms with van der Waals surface area (Å²) < 4.78 is 1.98. The Hall–Kier alpha value is -1.82. The van der Waals surface area contributed by atoms with E-state index >= 15 is 0 Å². The van der Waals surface area contributed by atoms with Gasteiger partial charge in [-0.05, 0) is 52.3 Å². The Balaban J connectivity index is 2.25. The number of thioether (sulfide) groups is 1. The summed E-state index contributed by atoms with van der Waals surface area (Å²) in [4.78, 5) is 12.1. The third-order valence-electron chi connectivity index (χ3n) is 3.14. The first kappa shape index (κ1) is 16.5. The first-order chi connectivity index (χ1) is 10.4. The van der Waals surface area contributed by atoms with Gasteiger partial charge in [0, 0.05) is 11.7 Å². The average molecular weight is 318 g/mol. The van der Waals surface area contributed by atoms with Crippen LogP contribution in [0.15, 0.2) is 29.4 Å². The molecule has 22 heavy (non-hydrogen) atoms. The van der Waals surface area contributed by atoms with E-state index < -0.39 is 0 Å². The normalized spacial score (nSPS) is 12.5. The van der Waals surface area contributed by atoms with Gasteiger partial charge in [-0.2, -0.15) is 0 Å². The second kappa shape index (κ2) is 6.96. The van der Waals surface area contributed by atoms with E-state index in [4.69, 9.17) is 0 Å². The summed E-state index contributed by atoms with van der Waals surface area (Å²) >= 11 is 1.42. The fourth-order valence-electron chi connectivity index (χ4n) is 2.10. The molecule has 0 radical (unpaired) electrons. The highest BCUT2D eigenvalue weighted by molar-refractivity contribution is 8.00. The van der Waals surface area contributed by atoms with Gasteiger partial charge in [0.2, 0.25) is 5.91 Å². The summed E-state index contributed by atoms with van der Waals surface area (Å²) in [5.41, 5.74) is 2.19. The molecule has 0 fully saturated rings. The zero-order chi connectivity index (χ0) is 16.3. The van der Waals surface area contributed by atoms with Crippen molar-refractivity contribution in [1.29, 1.82) is 0 Å². The standard InChI is InChI=1S/C16H22N4OS/c1-10(2)17-15(21)12(4)22-16-19-18-13(5)20(16)14-8-6-7-11(3)9-14/h6-10,12H,1-5H3,(H,17,21). The number of aryl methyl sites for hydroxylation is 2. The van der Waals surface area contributed by atoms with Gasteiger partial charge >= 0.3 is 0 Å². The molecule has 1 N–H and O–H groups in total. The van der Waals surface area contributed by atoms with Crippen molar-refractivity contribution in [3.8, 4) is 5.69 Å². The minimum absolute atomic E-state index is 0.0106. The Morgan fingerprint density at radius 2 is 1.95 bits per heavy atom. The van der Waals surface area contributed by atoms with E-state index in [-0.39, 0.29) is 17.2 Å². The van der Waals surface area contributed by atoms with Crippen molar-refractivity contribution in [2.75, 3.05) is 0 Å². The molecule has 1 aromatic heterocycles. The maximum atomic E-state index is 12.1. The van der Waals surface area contributed by atoms with Gasteiger partial charge in [0.15, 0.2) is 5.16 Å². The highest BCUT2D eigenvalue weighted by Crippen LogP contribution is 2.26. The van der Waals surface area contributed by atoms with Gasteiger partial charge in [0.1, 0.15) is 5.82 Å². The zero-order valence-corrected chi connectivity index (χ0v) is 14.4. The van der Waals surface area contributed by atoms with Gasteiger partial charge in [-0.3, -0.25) is 9.36 Å². The second-order valence-electron chi connectivity index (χ2n) is 5.63. The fourth-order valence-corrected chi connectivity index (χ4v) is 3.02. The largest absolute Gasteiger partial charge is 0.353 e. The molecule has 2 rings (SSSR count). The maximum Gasteiger partial charge on any atom is 0.233 e. The van der Waals surface area contributed by atoms with Crippen molar-refractivity contribution in [2.24, 2.45) is 0 Å². The Bertz CT molecular complexity index is 666. The van der Waals surface area contributed by atoms with Crippen LogP contribution in [0.25, 0.3) is 5.69 Å². The molecule has 0 saturated heterocycles. The second-order valence-corrected chi connectivity index (χ2v) is 6.94. The number of benzene rings is 1. The third-order valence-corrected chi connectivity index (χ3v) is 4.18. The molecule has 0 aliphatic rings. The molecule has 0 bridgehead atoms. The van der Waals surface area contributed by atoms with Crippen LogP contribution in [-0.2, 0) is 4.79 Å². The number of hydrogen-bond donors (Lipinski definition) is 1. The fraction of sp³-hybridized carbons (Fsp3) is 0.438. The number of rotatable bonds is 5. The number of carbonyl (C=O) groups excluding carboxylic acids is 1. The van der Waals surface area contributed by atoms with Gasteiger partial charge < -0.3 is 5.32 Å². The van der Waals surface area contributed by atoms with E-state index in [2.05, 4.69) is 34.6 Å². The number of hydrogen-bond acceptors (Lipinski definition) is 4. The first-order valence-corrected chi connectivity index (χ1v) is 8.22. The third kappa shape index (κ3) is 3.88. The molecule has 0 aliphatic heterocycles. The minimum atomic E-state index is -0.227. The summed E-state index contributed by atoms with van der Waals surface area (Å²) in [5, 5.41) is 11.8. The number of nitrogens with zero attached hydrogens (tertiary/aromatic N) is 3. The van der Waals surface area contributed by atoms with Crippen LogP contribution in [0, 0.1) is 13.8 Å². The lowest BCUT2D eigenvalue weighted by Gasteiger charge is -2.15. The molecular formula is C16H22N4OS. The highest BCUT2D eigenvalue weighted by atomic mass is 32.2. The van der Waals surface area contributed by atoms with Crippen LogP contribution in [0.5, 0.6) is 0 Å². The Morgan fingerprint density at radius 1 is 1.23 bits per heavy atom. The molecule has 0 aliphatic carbocycles. The monoisotopic (exact) mass is 318 g/mol. The van der Waals surface area contributed by atoms with Crippen molar-refractivity contribution >= 4 is 17.7 Å². The first-order valence-electron chi connectivity index (χ1n) is 7.34. The molecule has 5 nitrogen and oxygen atoms in total. The van der Waals surface area contributed by atoms with E-state index in [1.54, 1.807) is 0 Å². The lowest BCUT2D eigenvalue weighted by molar-refractivity contribution is -0.120. The van der Waals surface area contributed by atoms with Gasteiger partial charge in [-0.25, -0.2) is 0 Å². The lowest BCUT2D eigenvalue weighted by atomic mass is 10.2. The molecule has 1 unspecified atom stereocenters. The Labute approximate surface area is 135 Å². The van der Waals surface area contributed by atoms with Crippen LogP contribution in [-0.4, -0.2) is 32.0 Å². The van der Waals surface area contributed by atoms with Crippen LogP contribution < -0.4 is 5.32 Å². The van der Waals surface area contributed by atoms with Crippen molar-refractivity contribution < 1.29 is 4.79 Å². The smallest absolute Gasteiger partial charge is 0.233 e. The van der Waals surface area contributed by atoms with Gasteiger partial charge in [0.05, 0.1) is 5.25 Å². The van der Waals surface area contributed by atoms with Crippen LogP contribution in [0.3, 0.4) is 0 Å². The van der Waals surface area contributed by atoms with E-state index in [9.17, 15) is 4.79 Å². The molecule has 6 heteroatoms. The van der Waals surface area contributed by atoms with Crippen molar-refractivity contribution in [1.82, 2.24) is 20.1 Å². The van der Waals surface area contributed by atoms with Crippen molar-refractivity contribution in [3.05, 3.63) is 35.7 Å². The molecule has 1 aromatic carbocycles. The molecule has 1 atom stereocenters. The summed E-state index contributed by atoms with van der Waals surface area (Å²) in [6.07, 6.45) is 0. The SMILES string of the molecule is Cc1cccc(-n2c(C)nnc2SC(C)C(=O)NC(C)C)c1. The number of nitrogens with one attached hydrogen (secondary N) is 1.